The van der Waals surface area contributed by atoms with Crippen LogP contribution >= 0.6 is 0 Å². The van der Waals surface area contributed by atoms with Gasteiger partial charge in [-0.25, -0.2) is 9.97 Å². The molecule has 2 aliphatic rings. The Hall–Kier alpha value is -4.53. The van der Waals surface area contributed by atoms with E-state index in [0.717, 1.165) is 59.8 Å². The number of anilines is 2. The van der Waals surface area contributed by atoms with E-state index in [9.17, 15) is 9.59 Å². The Labute approximate surface area is 226 Å². The molecule has 2 amide bonds. The average molecular weight is 522 g/mol. The first-order valence-corrected chi connectivity index (χ1v) is 13.5. The van der Waals surface area contributed by atoms with Gasteiger partial charge in [0.1, 0.15) is 17.3 Å². The Morgan fingerprint density at radius 3 is 2.77 bits per heavy atom. The number of rotatable bonds is 3. The van der Waals surface area contributed by atoms with Crippen LogP contribution in [0.2, 0.25) is 0 Å². The van der Waals surface area contributed by atoms with Crippen molar-refractivity contribution in [2.24, 2.45) is 5.92 Å². The van der Waals surface area contributed by atoms with Gasteiger partial charge < -0.3 is 16.4 Å². The van der Waals surface area contributed by atoms with E-state index < -0.39 is 0 Å². The Morgan fingerprint density at radius 2 is 1.95 bits per heavy atom. The van der Waals surface area contributed by atoms with Crippen molar-refractivity contribution in [2.45, 2.75) is 44.6 Å². The molecule has 1 aliphatic heterocycles. The number of allylic oxidation sites excluding steroid dienone is 1. The minimum absolute atomic E-state index is 0.0317. The lowest BCUT2D eigenvalue weighted by atomic mass is 9.85. The molecule has 9 nitrogen and oxygen atoms in total. The topological polar surface area (TPSA) is 128 Å². The van der Waals surface area contributed by atoms with Crippen LogP contribution in [-0.2, 0) is 11.2 Å². The van der Waals surface area contributed by atoms with Crippen LogP contribution in [0, 0.1) is 5.92 Å². The highest BCUT2D eigenvalue weighted by Crippen LogP contribution is 2.40. The molecule has 0 saturated heterocycles. The standard InChI is InChI=1S/C30H31N7O2/c31-28-25-26(19-11-13-20(14-12-19)30(39)35-24-10-3-5-15-32-24)36-37-23-9-6-8-21(17-23)29(38)33-16-4-1-2-7-22(18-34-28)27(25)37/h1-3,5,10-15,18,21,23H,4,6-9,16-17H2,(H2,31,34)(H,33,38)(H,32,35,39)/b2-1-/t21-,23-/m1/s1. The lowest BCUT2D eigenvalue weighted by Crippen LogP contribution is -2.35. The summed E-state index contributed by atoms with van der Waals surface area (Å²) in [4.78, 5) is 34.3. The first-order valence-electron chi connectivity index (χ1n) is 13.5. The minimum atomic E-state index is -0.237. The van der Waals surface area contributed by atoms with Crippen molar-refractivity contribution in [1.29, 1.82) is 0 Å². The number of nitrogens with two attached hydrogens (primary N) is 1. The summed E-state index contributed by atoms with van der Waals surface area (Å²) < 4.78 is 2.09. The molecule has 1 aliphatic carbocycles. The SMILES string of the molecule is Nc1ncc2c3c1c(-c1ccc(C(=O)Nc4ccccn4)cc1)nn3[C@@H]1CCC[C@H](C1)C(=O)NCC/C=C\C2. The number of pyridine rings is 2. The number of hydrogen-bond acceptors (Lipinski definition) is 6. The monoisotopic (exact) mass is 521 g/mol. The van der Waals surface area contributed by atoms with Gasteiger partial charge in [-0.1, -0.05) is 36.8 Å². The third-order valence-corrected chi connectivity index (χ3v) is 7.64. The van der Waals surface area contributed by atoms with Crippen LogP contribution in [0.5, 0.6) is 0 Å². The number of carbonyl (C=O) groups is 2. The van der Waals surface area contributed by atoms with Crippen molar-refractivity contribution in [3.05, 3.63) is 78.1 Å². The molecule has 0 unspecified atom stereocenters. The second kappa shape index (κ2) is 10.7. The number of carbonyl (C=O) groups excluding carboxylic acids is 2. The molecule has 6 rings (SSSR count). The molecule has 39 heavy (non-hydrogen) atoms. The fourth-order valence-electron chi connectivity index (χ4n) is 5.65. The van der Waals surface area contributed by atoms with Crippen molar-refractivity contribution in [2.75, 3.05) is 17.6 Å². The minimum Gasteiger partial charge on any atom is -0.383 e. The van der Waals surface area contributed by atoms with Gasteiger partial charge in [0.25, 0.3) is 5.91 Å². The number of nitrogen functional groups attached to an aromatic ring is 1. The zero-order valence-corrected chi connectivity index (χ0v) is 21.6. The van der Waals surface area contributed by atoms with Crippen molar-refractivity contribution in [3.63, 3.8) is 0 Å². The van der Waals surface area contributed by atoms with Gasteiger partial charge in [0.2, 0.25) is 5.91 Å². The number of aromatic nitrogens is 4. The van der Waals surface area contributed by atoms with Crippen LogP contribution in [0.15, 0.2) is 67.0 Å². The summed E-state index contributed by atoms with van der Waals surface area (Å²) in [6.07, 6.45) is 12.7. The number of nitrogens with one attached hydrogen (secondary N) is 2. The van der Waals surface area contributed by atoms with Crippen LogP contribution in [-0.4, -0.2) is 38.1 Å². The second-order valence-corrected chi connectivity index (χ2v) is 10.2. The predicted octanol–water partition coefficient (Wildman–Crippen LogP) is 4.68. The smallest absolute Gasteiger partial charge is 0.256 e. The van der Waals surface area contributed by atoms with Crippen molar-refractivity contribution < 1.29 is 9.59 Å². The highest BCUT2D eigenvalue weighted by atomic mass is 16.2. The first-order chi connectivity index (χ1) is 19.1. The summed E-state index contributed by atoms with van der Waals surface area (Å²) in [6.45, 7) is 0.649. The van der Waals surface area contributed by atoms with E-state index in [-0.39, 0.29) is 23.8 Å². The van der Waals surface area contributed by atoms with E-state index in [2.05, 4.69) is 37.4 Å². The third-order valence-electron chi connectivity index (χ3n) is 7.64. The molecule has 4 aromatic rings. The molecule has 1 aromatic carbocycles. The number of amides is 2. The Kier molecular flexibility index (Phi) is 6.79. The molecule has 2 bridgehead atoms. The fourth-order valence-corrected chi connectivity index (χ4v) is 5.65. The largest absolute Gasteiger partial charge is 0.383 e. The molecule has 1 fully saturated rings. The van der Waals surface area contributed by atoms with Gasteiger partial charge >= 0.3 is 0 Å². The molecule has 2 atom stereocenters. The van der Waals surface area contributed by atoms with Gasteiger partial charge in [-0.3, -0.25) is 14.3 Å². The lowest BCUT2D eigenvalue weighted by Gasteiger charge is -2.29. The number of hydrogen-bond donors (Lipinski definition) is 3. The summed E-state index contributed by atoms with van der Waals surface area (Å²) in [6, 6.07) is 12.8. The summed E-state index contributed by atoms with van der Waals surface area (Å²) >= 11 is 0. The van der Waals surface area contributed by atoms with Crippen molar-refractivity contribution >= 4 is 34.4 Å². The summed E-state index contributed by atoms with van der Waals surface area (Å²) in [7, 11) is 0. The average Bonchev–Trinajstić information content (AvgIpc) is 3.38. The van der Waals surface area contributed by atoms with Crippen molar-refractivity contribution in [3.8, 4) is 11.3 Å². The van der Waals surface area contributed by atoms with Gasteiger partial charge in [-0.2, -0.15) is 5.10 Å². The maximum absolute atomic E-state index is 12.9. The summed E-state index contributed by atoms with van der Waals surface area (Å²) in [5, 5.41) is 11.9. The molecule has 1 saturated carbocycles. The molecule has 198 valence electrons. The maximum Gasteiger partial charge on any atom is 0.256 e. The Morgan fingerprint density at radius 1 is 1.08 bits per heavy atom. The predicted molar refractivity (Wildman–Crippen MR) is 151 cm³/mol. The van der Waals surface area contributed by atoms with Gasteiger partial charge in [0.05, 0.1) is 16.9 Å². The fraction of sp³-hybridized carbons (Fsp3) is 0.300. The lowest BCUT2D eigenvalue weighted by molar-refractivity contribution is -0.126. The van der Waals surface area contributed by atoms with Crippen LogP contribution in [0.4, 0.5) is 11.6 Å². The highest BCUT2D eigenvalue weighted by Gasteiger charge is 2.31. The molecular formula is C30H31N7O2. The Bertz CT molecular complexity index is 1540. The van der Waals surface area contributed by atoms with Crippen molar-refractivity contribution in [1.82, 2.24) is 25.1 Å². The second-order valence-electron chi connectivity index (χ2n) is 10.2. The number of benzene rings is 1. The van der Waals surface area contributed by atoms with E-state index >= 15 is 0 Å². The maximum atomic E-state index is 12.9. The van der Waals surface area contributed by atoms with Gasteiger partial charge in [0, 0.05) is 41.5 Å². The van der Waals surface area contributed by atoms with E-state index in [1.165, 1.54) is 0 Å². The van der Waals surface area contributed by atoms with E-state index in [1.807, 2.05) is 24.4 Å². The quantitative estimate of drug-likeness (QED) is 0.336. The van der Waals surface area contributed by atoms with Gasteiger partial charge in [-0.05, 0) is 56.4 Å². The van der Waals surface area contributed by atoms with Gasteiger partial charge in [-0.15, -0.1) is 0 Å². The van der Waals surface area contributed by atoms with Crippen LogP contribution < -0.4 is 16.4 Å². The van der Waals surface area contributed by atoms with Crippen LogP contribution in [0.1, 0.15) is 54.1 Å². The Balaban J connectivity index is 1.41. The molecule has 0 radical (unpaired) electrons. The van der Waals surface area contributed by atoms with E-state index in [0.29, 0.717) is 30.2 Å². The number of nitrogens with zero attached hydrogens (tertiary/aromatic N) is 4. The highest BCUT2D eigenvalue weighted by molar-refractivity contribution is 6.05. The molecule has 4 heterocycles. The molecule has 9 heteroatoms. The zero-order valence-electron chi connectivity index (χ0n) is 21.6. The molecule has 0 spiro atoms. The molecule has 3 aromatic heterocycles. The first kappa shape index (κ1) is 24.8. The van der Waals surface area contributed by atoms with Crippen LogP contribution in [0.25, 0.3) is 22.2 Å². The molecule has 4 N–H and O–H groups in total. The summed E-state index contributed by atoms with van der Waals surface area (Å²) in [5.41, 5.74) is 10.6. The third kappa shape index (κ3) is 4.99. The normalized spacial score (nSPS) is 20.3. The van der Waals surface area contributed by atoms with E-state index in [1.54, 1.807) is 30.5 Å². The van der Waals surface area contributed by atoms with Crippen LogP contribution in [0.3, 0.4) is 0 Å². The van der Waals surface area contributed by atoms with Gasteiger partial charge in [0.15, 0.2) is 0 Å². The van der Waals surface area contributed by atoms with E-state index in [4.69, 9.17) is 10.8 Å². The number of fused-ring (bicyclic) bond motifs is 3. The summed E-state index contributed by atoms with van der Waals surface area (Å²) in [5.74, 6) is 0.779. The zero-order chi connectivity index (χ0) is 26.8. The molecular weight excluding hydrogens is 490 g/mol.